The number of Topliss-reactive ketones (excluding diaryl/α,β-unsaturated/α-hetero) is 2. The van der Waals surface area contributed by atoms with Crippen LogP contribution in [0.5, 0.6) is 0 Å². The molecule has 31 heteroatoms. The zero-order chi connectivity index (χ0) is 65.6. The number of aliphatic imine (C=N–C) groups is 1. The summed E-state index contributed by atoms with van der Waals surface area (Å²) in [5.74, 6) is -6.80. The van der Waals surface area contributed by atoms with E-state index in [-0.39, 0.29) is 151 Å². The molecule has 0 saturated carbocycles. The Balaban J connectivity index is 1.06. The number of ether oxygens (including phenoxy) is 2. The van der Waals surface area contributed by atoms with Crippen LogP contribution < -0.4 is 70.4 Å². The van der Waals surface area contributed by atoms with Crippen molar-refractivity contribution < 1.29 is 76.9 Å². The van der Waals surface area contributed by atoms with Crippen molar-refractivity contribution in [1.29, 1.82) is 0 Å². The molecule has 4 rings (SSSR count). The monoisotopic (exact) mass is 1280 g/mol. The number of carboxylic acids is 1. The molecule has 0 unspecified atom stereocenters. The second-order valence-electron chi connectivity index (χ2n) is 22.3. The third-order valence-electron chi connectivity index (χ3n) is 15.0. The average Bonchev–Trinajstić information content (AvgIpc) is 1.73. The number of ketones is 2. The second-order valence-corrected chi connectivity index (χ2v) is 23.6. The average molecular weight is 1290 g/mol. The van der Waals surface area contributed by atoms with Crippen LogP contribution in [-0.4, -0.2) is 194 Å². The van der Waals surface area contributed by atoms with Crippen LogP contribution in [0.15, 0.2) is 35.3 Å². The minimum Gasteiger partial charge on any atom is -0.481 e. The maximum Gasteiger partial charge on any atom is 0.315 e. The first kappa shape index (κ1) is 74.5. The Labute approximate surface area is 527 Å². The molecule has 1 aromatic carbocycles. The van der Waals surface area contributed by atoms with E-state index in [1.807, 2.05) is 11.8 Å². The van der Waals surface area contributed by atoms with Crippen LogP contribution in [0.1, 0.15) is 140 Å². The van der Waals surface area contributed by atoms with Gasteiger partial charge in [-0.25, -0.2) is 4.79 Å². The number of aliphatic carboxylic acids is 1. The molecule has 0 aromatic heterocycles. The van der Waals surface area contributed by atoms with Crippen LogP contribution in [-0.2, 0) is 73.4 Å². The summed E-state index contributed by atoms with van der Waals surface area (Å²) in [4.78, 5) is 170. The Morgan fingerprint density at radius 3 is 1.91 bits per heavy atom. The molecule has 30 nitrogen and oxygen atoms in total. The van der Waals surface area contributed by atoms with Crippen molar-refractivity contribution in [2.45, 2.75) is 189 Å². The van der Waals surface area contributed by atoms with E-state index in [4.69, 9.17) is 26.7 Å². The van der Waals surface area contributed by atoms with E-state index in [2.05, 4.69) is 58.2 Å². The molecule has 8 atom stereocenters. The number of carbonyl (C=O) groups is 13. The van der Waals surface area contributed by atoms with Crippen LogP contribution in [0.2, 0.25) is 0 Å². The molecule has 500 valence electrons. The Kier molecular flexibility index (Phi) is 34.9. The maximum absolute atomic E-state index is 14.0. The zero-order valence-corrected chi connectivity index (χ0v) is 51.9. The lowest BCUT2D eigenvalue weighted by Gasteiger charge is -2.26. The highest BCUT2D eigenvalue weighted by Gasteiger charge is 2.42. The fourth-order valence-electron chi connectivity index (χ4n) is 10.1. The Hall–Kier alpha value is -7.93. The number of thioether (sulfide) groups is 1. The topological polar surface area (TPSA) is 471 Å². The number of nitrogens with one attached hydrogen (secondary N) is 10. The number of rotatable bonds is 42. The summed E-state index contributed by atoms with van der Waals surface area (Å²) in [6, 6.07) is 2.41. The largest absolute Gasteiger partial charge is 0.481 e. The highest BCUT2D eigenvalue weighted by atomic mass is 32.2. The van der Waals surface area contributed by atoms with Crippen LogP contribution in [0.3, 0.4) is 0 Å². The van der Waals surface area contributed by atoms with Gasteiger partial charge in [-0.05, 0) is 69.8 Å². The number of benzene rings is 1. The summed E-state index contributed by atoms with van der Waals surface area (Å²) in [5.41, 5.74) is 17.0. The number of nitrogens with two attached hydrogens (primary N) is 3. The SMILES string of the molecule is NC(=O)[C@H](CCCCNC(=O)CCCC[C@@H]1SC[C@@H]2NC(=O)N[C@@H]21)NC(=O)CCC(=O)CCCOCCOCCNC(=O)CCC(=O)CCCCC[C@@H]1NC(=O)[C@@H](Cc2ccccc2)NC(=O)[C@H](CC(=O)O)NC(=O)CNC(=O)[C@H](CCCN=C(N)N)NC1=O. The molecule has 0 bridgehead atoms. The first-order valence-electron chi connectivity index (χ1n) is 31.0. The predicted molar refractivity (Wildman–Crippen MR) is 330 cm³/mol. The predicted octanol–water partition coefficient (Wildman–Crippen LogP) is -1.61. The fourth-order valence-corrected chi connectivity index (χ4v) is 11.6. The highest BCUT2D eigenvalue weighted by Crippen LogP contribution is 2.33. The molecule has 1 aromatic rings. The summed E-state index contributed by atoms with van der Waals surface area (Å²) in [6.07, 6.45) is 5.43. The molecular weight excluding hydrogens is 1190 g/mol. The van der Waals surface area contributed by atoms with E-state index < -0.39 is 90.5 Å². The summed E-state index contributed by atoms with van der Waals surface area (Å²) in [5, 5.41) is 36.6. The zero-order valence-electron chi connectivity index (χ0n) is 51.1. The van der Waals surface area contributed by atoms with Gasteiger partial charge in [-0.15, -0.1) is 0 Å². The molecule has 3 aliphatic heterocycles. The number of fused-ring (bicyclic) bond motifs is 1. The van der Waals surface area contributed by atoms with E-state index in [0.717, 1.165) is 25.0 Å². The summed E-state index contributed by atoms with van der Waals surface area (Å²) >= 11 is 1.84. The van der Waals surface area contributed by atoms with Gasteiger partial charge in [0.25, 0.3) is 0 Å². The molecule has 90 heavy (non-hydrogen) atoms. The Bertz CT molecular complexity index is 2600. The molecule has 11 amide bonds. The number of carbonyl (C=O) groups excluding carboxylic acids is 12. The molecule has 3 saturated heterocycles. The van der Waals surface area contributed by atoms with E-state index in [1.54, 1.807) is 30.3 Å². The van der Waals surface area contributed by atoms with Crippen molar-refractivity contribution in [2.75, 3.05) is 58.4 Å². The minimum atomic E-state index is -1.63. The second kappa shape index (κ2) is 42.1. The molecule has 0 radical (unpaired) electrons. The van der Waals surface area contributed by atoms with Gasteiger partial charge in [-0.1, -0.05) is 49.6 Å². The van der Waals surface area contributed by atoms with Gasteiger partial charge in [0.1, 0.15) is 41.8 Å². The van der Waals surface area contributed by atoms with Crippen LogP contribution >= 0.6 is 11.8 Å². The number of guanidine groups is 1. The van der Waals surface area contributed by atoms with Crippen LogP contribution in [0.4, 0.5) is 4.79 Å². The van der Waals surface area contributed by atoms with Gasteiger partial charge >= 0.3 is 12.0 Å². The van der Waals surface area contributed by atoms with Gasteiger partial charge in [-0.2, -0.15) is 11.8 Å². The lowest BCUT2D eigenvalue weighted by molar-refractivity contribution is -0.141. The van der Waals surface area contributed by atoms with Crippen molar-refractivity contribution in [3.8, 4) is 0 Å². The third kappa shape index (κ3) is 31.0. The lowest BCUT2D eigenvalue weighted by atomic mass is 10.0. The lowest BCUT2D eigenvalue weighted by Crippen LogP contribution is -2.58. The van der Waals surface area contributed by atoms with Gasteiger partial charge in [0.05, 0.1) is 44.9 Å². The number of nitrogens with zero attached hydrogens (tertiary/aromatic N) is 1. The van der Waals surface area contributed by atoms with E-state index in [9.17, 15) is 67.4 Å². The van der Waals surface area contributed by atoms with E-state index in [1.165, 1.54) is 0 Å². The van der Waals surface area contributed by atoms with Crippen molar-refractivity contribution >= 4 is 94.5 Å². The Morgan fingerprint density at radius 2 is 1.20 bits per heavy atom. The van der Waals surface area contributed by atoms with Gasteiger partial charge < -0.3 is 84.9 Å². The minimum absolute atomic E-state index is 0.00710. The molecule has 3 heterocycles. The van der Waals surface area contributed by atoms with Gasteiger partial charge in [0, 0.05) is 88.6 Å². The fraction of sp³-hybridized carbons (Fsp3) is 0.661. The number of carboxylic acid groups (broad SMARTS) is 1. The number of hydrogen-bond donors (Lipinski definition) is 14. The van der Waals surface area contributed by atoms with Crippen molar-refractivity contribution in [1.82, 2.24) is 53.2 Å². The number of urea groups is 1. The summed E-state index contributed by atoms with van der Waals surface area (Å²) < 4.78 is 11.0. The molecule has 0 aliphatic carbocycles. The molecule has 3 aliphatic rings. The summed E-state index contributed by atoms with van der Waals surface area (Å²) in [7, 11) is 0. The number of amides is 11. The number of primary amides is 1. The molecule has 17 N–H and O–H groups in total. The van der Waals surface area contributed by atoms with Crippen molar-refractivity contribution in [3.63, 3.8) is 0 Å². The molecule has 3 fully saturated rings. The van der Waals surface area contributed by atoms with Crippen LogP contribution in [0.25, 0.3) is 0 Å². The first-order valence-corrected chi connectivity index (χ1v) is 32.0. The van der Waals surface area contributed by atoms with Crippen molar-refractivity contribution in [2.24, 2.45) is 22.2 Å². The van der Waals surface area contributed by atoms with Gasteiger partial charge in [0.15, 0.2) is 5.96 Å². The standard InChI is InChI=1S/C59H92N14O16S/c60-53(82)40(17-9-10-26-63-47(76)21-8-7-20-46-52-45(36-90-46)72-59(87)73-52)67-49(78)25-23-39(75)16-12-29-88-31-32-89-30-28-64-48(77)24-22-38(74)15-5-2-6-18-42-55(84)69-41(19-11-27-65-58(61)62)54(83)66-35-50(79)68-44(34-51(80)81)57(86)71-43(56(85)70-42)33-37-13-3-1-4-14-37/h1,3-4,13-14,40-46,52H,2,5-12,15-36H2,(H2,60,82)(H,63,76)(H,64,77)(H,66,83)(H,67,78)(H,68,79)(H,69,84)(H,70,85)(H,71,86)(H,80,81)(H4,61,62,65)(H2,72,73,87)/t40-,41-,42-,43+,44-,45-,46-,52-/m0/s1. The Morgan fingerprint density at radius 1 is 0.589 bits per heavy atom. The first-order chi connectivity index (χ1) is 43.2. The molecular formula is C59H92N14O16S. The van der Waals surface area contributed by atoms with Crippen LogP contribution in [0, 0.1) is 0 Å². The summed E-state index contributed by atoms with van der Waals surface area (Å²) in [6.45, 7) is 0.965. The van der Waals surface area contributed by atoms with E-state index >= 15 is 0 Å². The highest BCUT2D eigenvalue weighted by molar-refractivity contribution is 8.00. The van der Waals surface area contributed by atoms with Gasteiger partial charge in [0.2, 0.25) is 53.2 Å². The number of hydrogen-bond acceptors (Lipinski definition) is 17. The molecule has 0 spiro atoms. The third-order valence-corrected chi connectivity index (χ3v) is 16.5. The van der Waals surface area contributed by atoms with Crippen molar-refractivity contribution in [3.05, 3.63) is 35.9 Å². The maximum atomic E-state index is 14.0. The van der Waals surface area contributed by atoms with E-state index in [0.29, 0.717) is 68.7 Å². The van der Waals surface area contributed by atoms with Gasteiger partial charge in [-0.3, -0.25) is 62.5 Å². The normalized spacial score (nSPS) is 20.6. The number of unbranched alkanes of at least 4 members (excludes halogenated alkanes) is 4. The quantitative estimate of drug-likeness (QED) is 0.0151. The smallest absolute Gasteiger partial charge is 0.315 e.